The van der Waals surface area contributed by atoms with Crippen molar-refractivity contribution in [2.75, 3.05) is 6.61 Å². The minimum Gasteiger partial charge on any atom is -0.464 e. The predicted octanol–water partition coefficient (Wildman–Crippen LogP) is 4.93. The van der Waals surface area contributed by atoms with Crippen LogP contribution in [-0.4, -0.2) is 21.7 Å². The van der Waals surface area contributed by atoms with E-state index in [-0.39, 0.29) is 21.0 Å². The maximum Gasteiger partial charge on any atom is 0.309 e. The molecule has 0 aliphatic carbocycles. The lowest BCUT2D eigenvalue weighted by Crippen LogP contribution is -2.50. The summed E-state index contributed by atoms with van der Waals surface area (Å²) < 4.78 is 5.19. The van der Waals surface area contributed by atoms with Gasteiger partial charge in [-0.25, -0.2) is 0 Å². The first-order valence-electron chi connectivity index (χ1n) is 7.29. The molecule has 0 amide bonds. The fraction of sp³-hybridized carbons (Fsp3) is 0.933. The summed E-state index contributed by atoms with van der Waals surface area (Å²) in [4.78, 5) is 11.7. The van der Waals surface area contributed by atoms with Crippen LogP contribution in [0.4, 0.5) is 0 Å². The Bertz CT molecular complexity index is 309. The van der Waals surface area contributed by atoms with Crippen LogP contribution in [0.3, 0.4) is 0 Å². The molecule has 5 atom stereocenters. The lowest BCUT2D eigenvalue weighted by atomic mass is 9.83. The average Bonchev–Trinajstić information content (AvgIpc) is 2.32. The molecule has 0 spiro atoms. The number of alkyl halides is 2. The molecule has 19 heavy (non-hydrogen) atoms. The predicted molar refractivity (Wildman–Crippen MR) is 87.0 cm³/mol. The molecule has 1 rings (SSSR count). The van der Waals surface area contributed by atoms with Crippen molar-refractivity contribution in [1.29, 1.82) is 0 Å². The van der Waals surface area contributed by atoms with Gasteiger partial charge < -0.3 is 4.74 Å². The number of halogens is 2. The van der Waals surface area contributed by atoms with Gasteiger partial charge in [-0.1, -0.05) is 72.4 Å². The Balaban J connectivity index is 2.56. The summed E-state index contributed by atoms with van der Waals surface area (Å²) in [5.41, 5.74) is 0. The van der Waals surface area contributed by atoms with Crippen LogP contribution in [0.2, 0.25) is 0 Å². The van der Waals surface area contributed by atoms with Gasteiger partial charge >= 0.3 is 5.97 Å². The van der Waals surface area contributed by atoms with Crippen molar-refractivity contribution in [3.8, 4) is 0 Å². The van der Waals surface area contributed by atoms with Gasteiger partial charge in [-0.15, -0.1) is 0 Å². The molecule has 112 valence electrons. The van der Waals surface area contributed by atoms with Gasteiger partial charge in [0, 0.05) is 4.83 Å². The number of cyclic esters (lactones) is 1. The number of esters is 1. The van der Waals surface area contributed by atoms with Crippen LogP contribution in [0.25, 0.3) is 0 Å². The lowest BCUT2D eigenvalue weighted by molar-refractivity contribution is -0.153. The molecular weight excluding hydrogens is 372 g/mol. The molecule has 0 N–H and O–H groups in total. The highest BCUT2D eigenvalue weighted by atomic mass is 79.9. The number of carbonyl (C=O) groups excluding carboxylic acids is 1. The molecule has 1 saturated heterocycles. The van der Waals surface area contributed by atoms with Crippen molar-refractivity contribution in [2.24, 2.45) is 17.8 Å². The largest absolute Gasteiger partial charge is 0.464 e. The molecule has 0 aromatic rings. The second kappa shape index (κ2) is 7.44. The zero-order valence-electron chi connectivity index (χ0n) is 12.4. The average molecular weight is 398 g/mol. The van der Waals surface area contributed by atoms with Crippen LogP contribution in [0.1, 0.15) is 53.4 Å². The molecule has 1 heterocycles. The summed E-state index contributed by atoms with van der Waals surface area (Å²) in [6, 6.07) is 0. The van der Waals surface area contributed by atoms with E-state index in [2.05, 4.69) is 52.6 Å². The number of hydrogen-bond donors (Lipinski definition) is 0. The van der Waals surface area contributed by atoms with Crippen LogP contribution in [-0.2, 0) is 9.53 Å². The van der Waals surface area contributed by atoms with E-state index in [9.17, 15) is 4.79 Å². The van der Waals surface area contributed by atoms with E-state index in [1.54, 1.807) is 0 Å². The number of rotatable bonds is 6. The highest BCUT2D eigenvalue weighted by molar-refractivity contribution is 9.12. The minimum atomic E-state index is -0.119. The van der Waals surface area contributed by atoms with E-state index in [0.29, 0.717) is 12.5 Å². The van der Waals surface area contributed by atoms with Crippen molar-refractivity contribution >= 4 is 37.8 Å². The van der Waals surface area contributed by atoms with Crippen molar-refractivity contribution in [2.45, 2.75) is 62.5 Å². The van der Waals surface area contributed by atoms with Gasteiger partial charge in [0.1, 0.15) is 6.61 Å². The third kappa shape index (κ3) is 4.73. The molecule has 0 aromatic heterocycles. The van der Waals surface area contributed by atoms with Gasteiger partial charge in [0.2, 0.25) is 0 Å². The normalized spacial score (nSPS) is 34.7. The Morgan fingerprint density at radius 3 is 2.63 bits per heavy atom. The SMILES string of the molecule is CCC[C@@H](C)C[C@H](C)CC1(Br)COC(=O)C(C)C1Br. The lowest BCUT2D eigenvalue weighted by Gasteiger charge is -2.40. The van der Waals surface area contributed by atoms with Gasteiger partial charge in [0.25, 0.3) is 0 Å². The van der Waals surface area contributed by atoms with Crippen molar-refractivity contribution in [3.63, 3.8) is 0 Å². The summed E-state index contributed by atoms with van der Waals surface area (Å²) in [6.45, 7) is 9.27. The molecule has 1 aliphatic rings. The van der Waals surface area contributed by atoms with Crippen molar-refractivity contribution in [1.82, 2.24) is 0 Å². The van der Waals surface area contributed by atoms with Crippen LogP contribution < -0.4 is 0 Å². The van der Waals surface area contributed by atoms with E-state index in [0.717, 1.165) is 12.3 Å². The molecule has 0 saturated carbocycles. The Labute approximate surface area is 134 Å². The number of carbonyl (C=O) groups is 1. The molecule has 0 bridgehead atoms. The molecule has 3 unspecified atom stereocenters. The minimum absolute atomic E-state index is 0.0895. The van der Waals surface area contributed by atoms with Gasteiger partial charge in [-0.2, -0.15) is 0 Å². The van der Waals surface area contributed by atoms with E-state index >= 15 is 0 Å². The number of hydrogen-bond acceptors (Lipinski definition) is 2. The van der Waals surface area contributed by atoms with E-state index < -0.39 is 0 Å². The fourth-order valence-electron chi connectivity index (χ4n) is 3.10. The Morgan fingerprint density at radius 2 is 2.05 bits per heavy atom. The third-order valence-corrected chi connectivity index (χ3v) is 7.36. The molecular formula is C15H26Br2O2. The maximum absolute atomic E-state index is 11.6. The molecule has 2 nitrogen and oxygen atoms in total. The molecule has 0 radical (unpaired) electrons. The number of ether oxygens (including phenoxy) is 1. The maximum atomic E-state index is 11.6. The summed E-state index contributed by atoms with van der Waals surface area (Å²) in [7, 11) is 0. The Kier molecular flexibility index (Phi) is 6.85. The fourth-order valence-corrected chi connectivity index (χ4v) is 4.70. The summed E-state index contributed by atoms with van der Waals surface area (Å²) in [6.07, 6.45) is 4.82. The van der Waals surface area contributed by atoms with Gasteiger partial charge in [0.05, 0.1) is 10.2 Å². The van der Waals surface area contributed by atoms with Gasteiger partial charge in [-0.05, 0) is 24.7 Å². The zero-order valence-corrected chi connectivity index (χ0v) is 15.6. The molecule has 4 heteroatoms. The van der Waals surface area contributed by atoms with Crippen molar-refractivity contribution in [3.05, 3.63) is 0 Å². The Morgan fingerprint density at radius 1 is 1.42 bits per heavy atom. The summed E-state index contributed by atoms with van der Waals surface area (Å²) in [5, 5.41) is 0. The standard InChI is InChI=1S/C15H26Br2O2/c1-5-6-10(2)7-11(3)8-15(17)9-19-14(18)12(4)13(15)16/h10-13H,5-9H2,1-4H3/t10-,11+,12?,13?,15?/m1/s1. The van der Waals surface area contributed by atoms with Crippen LogP contribution in [0, 0.1) is 17.8 Å². The molecule has 1 aliphatic heterocycles. The van der Waals surface area contributed by atoms with E-state index in [4.69, 9.17) is 4.74 Å². The first-order valence-corrected chi connectivity index (χ1v) is 9.00. The first-order chi connectivity index (χ1) is 8.80. The van der Waals surface area contributed by atoms with Crippen LogP contribution in [0.15, 0.2) is 0 Å². The summed E-state index contributed by atoms with van der Waals surface area (Å²) >= 11 is 7.53. The second-order valence-electron chi connectivity index (χ2n) is 6.27. The van der Waals surface area contributed by atoms with Gasteiger partial charge in [-0.3, -0.25) is 4.79 Å². The first kappa shape index (κ1) is 17.5. The zero-order chi connectivity index (χ0) is 14.6. The van der Waals surface area contributed by atoms with E-state index in [1.165, 1.54) is 19.3 Å². The molecule has 0 aromatic carbocycles. The highest BCUT2D eigenvalue weighted by Gasteiger charge is 2.46. The quantitative estimate of drug-likeness (QED) is 0.469. The van der Waals surface area contributed by atoms with E-state index in [1.807, 2.05) is 6.92 Å². The summed E-state index contributed by atoms with van der Waals surface area (Å²) in [5.74, 6) is 1.22. The smallest absolute Gasteiger partial charge is 0.309 e. The van der Waals surface area contributed by atoms with Crippen LogP contribution >= 0.6 is 31.9 Å². The highest BCUT2D eigenvalue weighted by Crippen LogP contribution is 2.43. The Hall–Kier alpha value is 0.430. The third-order valence-electron chi connectivity index (χ3n) is 4.03. The van der Waals surface area contributed by atoms with Crippen molar-refractivity contribution < 1.29 is 9.53 Å². The molecule has 1 fully saturated rings. The van der Waals surface area contributed by atoms with Gasteiger partial charge in [0.15, 0.2) is 0 Å². The van der Waals surface area contributed by atoms with Crippen LogP contribution in [0.5, 0.6) is 0 Å². The topological polar surface area (TPSA) is 26.3 Å². The monoisotopic (exact) mass is 396 g/mol. The second-order valence-corrected chi connectivity index (χ2v) is 8.84.